The molecule has 4 rings (SSSR count). The molecule has 1 aromatic carbocycles. The van der Waals surface area contributed by atoms with E-state index in [9.17, 15) is 9.59 Å². The number of para-hydroxylation sites is 1. The number of carbonyl (C=O) groups is 2. The zero-order valence-corrected chi connectivity index (χ0v) is 14.6. The number of hydrogen-bond acceptors (Lipinski definition) is 5. The smallest absolute Gasteiger partial charge is 0.409 e. The molecule has 25 heavy (non-hydrogen) atoms. The molecule has 0 bridgehead atoms. The number of hydrogen-bond donors (Lipinski definition) is 1. The topological polar surface area (TPSA) is 71.5 Å². The number of benzene rings is 1. The van der Waals surface area contributed by atoms with E-state index in [1.165, 1.54) is 0 Å². The molecular weight excluding hydrogens is 338 g/mol. The lowest BCUT2D eigenvalue weighted by atomic mass is 10.1. The Morgan fingerprint density at radius 3 is 2.96 bits per heavy atom. The molecule has 1 saturated heterocycles. The zero-order chi connectivity index (χ0) is 17.2. The summed E-state index contributed by atoms with van der Waals surface area (Å²) in [4.78, 5) is 30.4. The number of nitrogens with one attached hydrogen (secondary N) is 1. The summed E-state index contributed by atoms with van der Waals surface area (Å²) in [6.45, 7) is 1.71. The van der Waals surface area contributed by atoms with Gasteiger partial charge in [0.2, 0.25) is 0 Å². The Bertz CT molecular complexity index is 822. The van der Waals surface area contributed by atoms with E-state index in [2.05, 4.69) is 10.3 Å². The second-order valence-corrected chi connectivity index (χ2v) is 7.34. The van der Waals surface area contributed by atoms with Gasteiger partial charge in [-0.1, -0.05) is 18.2 Å². The molecule has 2 aliphatic rings. The molecule has 1 saturated carbocycles. The summed E-state index contributed by atoms with van der Waals surface area (Å²) in [5, 5.41) is 4.72. The van der Waals surface area contributed by atoms with Gasteiger partial charge in [-0.25, -0.2) is 9.78 Å². The van der Waals surface area contributed by atoms with Crippen molar-refractivity contribution in [1.29, 1.82) is 0 Å². The van der Waals surface area contributed by atoms with E-state index in [1.807, 2.05) is 30.3 Å². The normalized spacial score (nSPS) is 17.0. The summed E-state index contributed by atoms with van der Waals surface area (Å²) < 4.78 is 4.93. The van der Waals surface area contributed by atoms with E-state index in [4.69, 9.17) is 4.74 Å². The SMILES string of the molecule is O=C(NC1CC1)c1cc(SCCN2CCOC2=O)nc2ccccc12. The molecule has 0 unspecified atom stereocenters. The van der Waals surface area contributed by atoms with Crippen molar-refractivity contribution in [3.63, 3.8) is 0 Å². The van der Waals surface area contributed by atoms with Crippen molar-refractivity contribution in [2.24, 2.45) is 0 Å². The van der Waals surface area contributed by atoms with Crippen molar-refractivity contribution >= 4 is 34.7 Å². The number of pyridine rings is 1. The van der Waals surface area contributed by atoms with Gasteiger partial charge < -0.3 is 15.0 Å². The fourth-order valence-electron chi connectivity index (χ4n) is 2.79. The number of ether oxygens (including phenoxy) is 1. The van der Waals surface area contributed by atoms with Gasteiger partial charge in [0.1, 0.15) is 6.61 Å². The lowest BCUT2D eigenvalue weighted by Gasteiger charge is -2.13. The van der Waals surface area contributed by atoms with Gasteiger partial charge in [0.05, 0.1) is 22.7 Å². The van der Waals surface area contributed by atoms with Gasteiger partial charge in [-0.05, 0) is 25.0 Å². The van der Waals surface area contributed by atoms with E-state index >= 15 is 0 Å². The summed E-state index contributed by atoms with van der Waals surface area (Å²) in [6, 6.07) is 9.87. The number of aromatic nitrogens is 1. The standard InChI is InChI=1S/C18H19N3O3S/c22-17(19-12-5-6-12)14-11-16(20-15-4-2-1-3-13(14)15)25-10-8-21-7-9-24-18(21)23/h1-4,11-12H,5-10H2,(H,19,22). The highest BCUT2D eigenvalue weighted by Gasteiger charge is 2.25. The van der Waals surface area contributed by atoms with Crippen LogP contribution in [0.1, 0.15) is 23.2 Å². The van der Waals surface area contributed by atoms with Crippen molar-refractivity contribution < 1.29 is 14.3 Å². The molecule has 0 spiro atoms. The number of fused-ring (bicyclic) bond motifs is 1. The minimum atomic E-state index is -0.253. The van der Waals surface area contributed by atoms with Crippen LogP contribution in [0.5, 0.6) is 0 Å². The Hall–Kier alpha value is -2.28. The lowest BCUT2D eigenvalue weighted by molar-refractivity contribution is 0.0952. The second-order valence-electron chi connectivity index (χ2n) is 6.22. The van der Waals surface area contributed by atoms with Crippen molar-refractivity contribution in [2.75, 3.05) is 25.4 Å². The Balaban J connectivity index is 1.51. The molecule has 1 aliphatic heterocycles. The van der Waals surface area contributed by atoms with Crippen LogP contribution < -0.4 is 5.32 Å². The molecule has 7 heteroatoms. The number of cyclic esters (lactones) is 1. The average Bonchev–Trinajstić information content (AvgIpc) is 3.34. The van der Waals surface area contributed by atoms with Gasteiger partial charge in [-0.3, -0.25) is 4.79 Å². The van der Waals surface area contributed by atoms with Gasteiger partial charge in [0.15, 0.2) is 0 Å². The van der Waals surface area contributed by atoms with Crippen molar-refractivity contribution in [3.8, 4) is 0 Å². The van der Waals surface area contributed by atoms with E-state index in [-0.39, 0.29) is 12.0 Å². The minimum absolute atomic E-state index is 0.0360. The van der Waals surface area contributed by atoms with Crippen LogP contribution in [0.4, 0.5) is 4.79 Å². The minimum Gasteiger partial charge on any atom is -0.448 e. The monoisotopic (exact) mass is 357 g/mol. The number of nitrogens with zero attached hydrogens (tertiary/aromatic N) is 2. The molecule has 1 aliphatic carbocycles. The van der Waals surface area contributed by atoms with Crippen LogP contribution in [0, 0.1) is 0 Å². The first-order valence-corrected chi connectivity index (χ1v) is 9.44. The van der Waals surface area contributed by atoms with E-state index in [0.29, 0.717) is 37.1 Å². The highest BCUT2D eigenvalue weighted by Crippen LogP contribution is 2.26. The highest BCUT2D eigenvalue weighted by molar-refractivity contribution is 7.99. The summed E-state index contributed by atoms with van der Waals surface area (Å²) in [7, 11) is 0. The molecule has 2 aromatic rings. The molecule has 2 fully saturated rings. The quantitative estimate of drug-likeness (QED) is 0.805. The van der Waals surface area contributed by atoms with Crippen molar-refractivity contribution in [2.45, 2.75) is 23.9 Å². The summed E-state index contributed by atoms with van der Waals surface area (Å²) in [5.74, 6) is 0.676. The third-order valence-corrected chi connectivity index (χ3v) is 5.20. The molecule has 130 valence electrons. The maximum absolute atomic E-state index is 12.6. The number of thioether (sulfide) groups is 1. The number of carbonyl (C=O) groups excluding carboxylic acids is 2. The second kappa shape index (κ2) is 6.92. The molecule has 1 aromatic heterocycles. The van der Waals surface area contributed by atoms with Gasteiger partial charge in [0, 0.05) is 23.7 Å². The summed E-state index contributed by atoms with van der Waals surface area (Å²) in [5.41, 5.74) is 1.48. The van der Waals surface area contributed by atoms with E-state index in [0.717, 1.165) is 28.8 Å². The predicted molar refractivity (Wildman–Crippen MR) is 95.9 cm³/mol. The van der Waals surface area contributed by atoms with E-state index < -0.39 is 0 Å². The molecule has 2 heterocycles. The summed E-state index contributed by atoms with van der Waals surface area (Å²) >= 11 is 1.55. The maximum atomic E-state index is 12.6. The maximum Gasteiger partial charge on any atom is 0.409 e. The van der Waals surface area contributed by atoms with Crippen LogP contribution in [0.3, 0.4) is 0 Å². The first kappa shape index (κ1) is 16.2. The van der Waals surface area contributed by atoms with Gasteiger partial charge in [-0.2, -0.15) is 0 Å². The Morgan fingerprint density at radius 2 is 2.20 bits per heavy atom. The molecule has 0 radical (unpaired) electrons. The Kier molecular flexibility index (Phi) is 4.48. The van der Waals surface area contributed by atoms with E-state index in [1.54, 1.807) is 16.7 Å². The van der Waals surface area contributed by atoms with Crippen LogP contribution in [-0.2, 0) is 4.74 Å². The Morgan fingerprint density at radius 1 is 1.36 bits per heavy atom. The third kappa shape index (κ3) is 3.71. The largest absolute Gasteiger partial charge is 0.448 e. The van der Waals surface area contributed by atoms with Gasteiger partial charge in [-0.15, -0.1) is 11.8 Å². The molecule has 0 atom stereocenters. The summed E-state index contributed by atoms with van der Waals surface area (Å²) in [6.07, 6.45) is 1.86. The molecular formula is C18H19N3O3S. The molecule has 2 amide bonds. The van der Waals surface area contributed by atoms with Crippen LogP contribution >= 0.6 is 11.8 Å². The fourth-order valence-corrected chi connectivity index (χ4v) is 3.68. The Labute approximate surface area is 149 Å². The third-order valence-electron chi connectivity index (χ3n) is 4.31. The highest BCUT2D eigenvalue weighted by atomic mass is 32.2. The predicted octanol–water partition coefficient (Wildman–Crippen LogP) is 2.67. The van der Waals surface area contributed by atoms with Crippen LogP contribution in [0.2, 0.25) is 0 Å². The number of rotatable bonds is 6. The molecule has 1 N–H and O–H groups in total. The first-order chi connectivity index (χ1) is 12.2. The first-order valence-electron chi connectivity index (χ1n) is 8.46. The van der Waals surface area contributed by atoms with Crippen LogP contribution in [0.25, 0.3) is 10.9 Å². The fraction of sp³-hybridized carbons (Fsp3) is 0.389. The van der Waals surface area contributed by atoms with Crippen LogP contribution in [-0.4, -0.2) is 53.4 Å². The number of amides is 2. The van der Waals surface area contributed by atoms with Crippen molar-refractivity contribution in [3.05, 3.63) is 35.9 Å². The zero-order valence-electron chi connectivity index (χ0n) is 13.7. The van der Waals surface area contributed by atoms with Gasteiger partial charge in [0.25, 0.3) is 5.91 Å². The van der Waals surface area contributed by atoms with Crippen LogP contribution in [0.15, 0.2) is 35.4 Å². The van der Waals surface area contributed by atoms with Gasteiger partial charge >= 0.3 is 6.09 Å². The molecule has 6 nitrogen and oxygen atoms in total. The average molecular weight is 357 g/mol. The lowest BCUT2D eigenvalue weighted by Crippen LogP contribution is -2.26. The van der Waals surface area contributed by atoms with Crippen molar-refractivity contribution in [1.82, 2.24) is 15.2 Å².